The van der Waals surface area contributed by atoms with E-state index in [1.54, 1.807) is 0 Å². The predicted molar refractivity (Wildman–Crippen MR) is 77.5 cm³/mol. The van der Waals surface area contributed by atoms with Crippen LogP contribution in [-0.2, 0) is 13.8 Å². The van der Waals surface area contributed by atoms with Crippen molar-refractivity contribution >= 4 is 19.7 Å². The Morgan fingerprint density at radius 2 is 1.78 bits per heavy atom. The lowest BCUT2D eigenvalue weighted by molar-refractivity contribution is 0.0461. The van der Waals surface area contributed by atoms with Crippen LogP contribution in [0.15, 0.2) is 0 Å². The van der Waals surface area contributed by atoms with Crippen molar-refractivity contribution in [3.63, 3.8) is 0 Å². The van der Waals surface area contributed by atoms with Gasteiger partial charge in [-0.25, -0.2) is 8.42 Å². The largest absolute Gasteiger partial charge is 0.381 e. The highest BCUT2D eigenvalue weighted by atomic mass is 35.7. The first-order chi connectivity index (χ1) is 8.06. The number of rotatable bonds is 8. The molecule has 0 spiro atoms. The molecule has 3 nitrogen and oxygen atoms in total. The molecule has 0 bridgehead atoms. The van der Waals surface area contributed by atoms with Crippen LogP contribution < -0.4 is 0 Å². The standard InChI is InChI=1S/C13H27ClO3S/c1-6-7-11(2)8-17-9-12(13(3,4)5)10-18(14,15)16/h11-12H,6-10H2,1-5H3. The van der Waals surface area contributed by atoms with Crippen LogP contribution in [0, 0.1) is 17.3 Å². The SMILES string of the molecule is CCCC(C)COCC(CS(=O)(=O)Cl)C(C)(C)C. The summed E-state index contributed by atoms with van der Waals surface area (Å²) in [6.45, 7) is 11.5. The highest BCUT2D eigenvalue weighted by molar-refractivity contribution is 8.13. The zero-order chi connectivity index (χ0) is 14.4. The van der Waals surface area contributed by atoms with E-state index in [0.717, 1.165) is 12.8 Å². The molecule has 110 valence electrons. The van der Waals surface area contributed by atoms with Crippen molar-refractivity contribution in [2.75, 3.05) is 19.0 Å². The van der Waals surface area contributed by atoms with Crippen molar-refractivity contribution < 1.29 is 13.2 Å². The fourth-order valence-electron chi connectivity index (χ4n) is 1.78. The number of ether oxygens (including phenoxy) is 1. The first-order valence-electron chi connectivity index (χ1n) is 6.56. The van der Waals surface area contributed by atoms with Gasteiger partial charge >= 0.3 is 0 Å². The van der Waals surface area contributed by atoms with Crippen LogP contribution in [-0.4, -0.2) is 27.4 Å². The summed E-state index contributed by atoms with van der Waals surface area (Å²) in [7, 11) is 1.87. The van der Waals surface area contributed by atoms with Gasteiger partial charge in [-0.1, -0.05) is 41.0 Å². The Bertz CT molecular complexity index is 320. The normalized spacial score (nSPS) is 16.6. The molecule has 0 radical (unpaired) electrons. The molecule has 18 heavy (non-hydrogen) atoms. The molecule has 0 heterocycles. The van der Waals surface area contributed by atoms with Crippen molar-refractivity contribution in [2.24, 2.45) is 17.3 Å². The van der Waals surface area contributed by atoms with Gasteiger partial charge in [-0.15, -0.1) is 0 Å². The average molecular weight is 299 g/mol. The van der Waals surface area contributed by atoms with Gasteiger partial charge < -0.3 is 4.74 Å². The van der Waals surface area contributed by atoms with E-state index in [9.17, 15) is 8.42 Å². The van der Waals surface area contributed by atoms with Gasteiger partial charge in [0.05, 0.1) is 12.4 Å². The molecule has 0 fully saturated rings. The Kier molecular flexibility index (Phi) is 7.79. The molecule has 0 aliphatic carbocycles. The van der Waals surface area contributed by atoms with E-state index < -0.39 is 9.05 Å². The van der Waals surface area contributed by atoms with Crippen molar-refractivity contribution in [3.8, 4) is 0 Å². The minimum absolute atomic E-state index is 0.0276. The van der Waals surface area contributed by atoms with E-state index in [2.05, 4.69) is 13.8 Å². The van der Waals surface area contributed by atoms with Gasteiger partial charge in [0.2, 0.25) is 9.05 Å². The van der Waals surface area contributed by atoms with Crippen LogP contribution in [0.5, 0.6) is 0 Å². The predicted octanol–water partition coefficient (Wildman–Crippen LogP) is 3.67. The molecule has 0 aromatic heterocycles. The van der Waals surface area contributed by atoms with E-state index in [4.69, 9.17) is 15.4 Å². The summed E-state index contributed by atoms with van der Waals surface area (Å²) in [5.74, 6) is 0.414. The Morgan fingerprint density at radius 1 is 1.22 bits per heavy atom. The molecule has 2 unspecified atom stereocenters. The average Bonchev–Trinajstić information content (AvgIpc) is 2.13. The third kappa shape index (κ3) is 9.17. The molecule has 2 atom stereocenters. The lowest BCUT2D eigenvalue weighted by atomic mass is 9.82. The lowest BCUT2D eigenvalue weighted by Gasteiger charge is -2.29. The maximum absolute atomic E-state index is 11.2. The first-order valence-corrected chi connectivity index (χ1v) is 9.04. The summed E-state index contributed by atoms with van der Waals surface area (Å²) in [6.07, 6.45) is 2.28. The van der Waals surface area contributed by atoms with E-state index in [1.165, 1.54) is 0 Å². The van der Waals surface area contributed by atoms with Gasteiger partial charge in [0.1, 0.15) is 0 Å². The fraction of sp³-hybridized carbons (Fsp3) is 1.00. The highest BCUT2D eigenvalue weighted by Gasteiger charge is 2.29. The maximum Gasteiger partial charge on any atom is 0.232 e. The molecule has 0 amide bonds. The van der Waals surface area contributed by atoms with Gasteiger partial charge in [-0.05, 0) is 17.8 Å². The number of halogens is 1. The number of hydrogen-bond donors (Lipinski definition) is 0. The summed E-state index contributed by atoms with van der Waals surface area (Å²) in [5.41, 5.74) is -0.129. The first kappa shape index (κ1) is 18.2. The van der Waals surface area contributed by atoms with E-state index >= 15 is 0 Å². The smallest absolute Gasteiger partial charge is 0.232 e. The highest BCUT2D eigenvalue weighted by Crippen LogP contribution is 2.28. The van der Waals surface area contributed by atoms with E-state index in [-0.39, 0.29) is 17.1 Å². The Hall–Kier alpha value is 0.200. The van der Waals surface area contributed by atoms with Crippen LogP contribution in [0.3, 0.4) is 0 Å². The van der Waals surface area contributed by atoms with Crippen LogP contribution in [0.4, 0.5) is 0 Å². The molecule has 5 heteroatoms. The molecule has 0 aliphatic rings. The summed E-state index contributed by atoms with van der Waals surface area (Å²) in [5, 5.41) is 0. The molecule has 0 aromatic rings. The zero-order valence-corrected chi connectivity index (χ0v) is 13.8. The quantitative estimate of drug-likeness (QED) is 0.642. The minimum Gasteiger partial charge on any atom is -0.381 e. The maximum atomic E-state index is 11.2. The summed E-state index contributed by atoms with van der Waals surface area (Å²) in [6, 6.07) is 0. The van der Waals surface area contributed by atoms with Crippen molar-refractivity contribution in [1.82, 2.24) is 0 Å². The summed E-state index contributed by atoms with van der Waals surface area (Å²) in [4.78, 5) is 0. The molecule has 0 saturated carbocycles. The van der Waals surface area contributed by atoms with Gasteiger partial charge in [-0.2, -0.15) is 0 Å². The fourth-order valence-corrected chi connectivity index (χ4v) is 3.31. The molecule has 0 aliphatic heterocycles. The topological polar surface area (TPSA) is 43.4 Å². The van der Waals surface area contributed by atoms with Gasteiger partial charge in [-0.3, -0.25) is 0 Å². The van der Waals surface area contributed by atoms with Crippen LogP contribution in [0.25, 0.3) is 0 Å². The van der Waals surface area contributed by atoms with Gasteiger partial charge in [0, 0.05) is 23.2 Å². The minimum atomic E-state index is -3.48. The third-order valence-corrected chi connectivity index (χ3v) is 4.31. The molecular formula is C13H27ClO3S. The monoisotopic (exact) mass is 298 g/mol. The van der Waals surface area contributed by atoms with Crippen LogP contribution in [0.2, 0.25) is 0 Å². The van der Waals surface area contributed by atoms with Crippen LogP contribution >= 0.6 is 10.7 Å². The summed E-state index contributed by atoms with van der Waals surface area (Å²) < 4.78 is 28.1. The zero-order valence-electron chi connectivity index (χ0n) is 12.2. The molecule has 0 aromatic carbocycles. The second-order valence-electron chi connectivity index (χ2n) is 6.20. The van der Waals surface area contributed by atoms with Gasteiger partial charge in [0.15, 0.2) is 0 Å². The lowest BCUT2D eigenvalue weighted by Crippen LogP contribution is -2.31. The van der Waals surface area contributed by atoms with E-state index in [1.807, 2.05) is 20.8 Å². The molecular weight excluding hydrogens is 272 g/mol. The Labute approximate surface area is 117 Å². The second kappa shape index (κ2) is 7.71. The van der Waals surface area contributed by atoms with Crippen LogP contribution in [0.1, 0.15) is 47.5 Å². The van der Waals surface area contributed by atoms with Crippen molar-refractivity contribution in [2.45, 2.75) is 47.5 Å². The molecule has 0 rings (SSSR count). The van der Waals surface area contributed by atoms with Crippen molar-refractivity contribution in [1.29, 1.82) is 0 Å². The second-order valence-corrected chi connectivity index (χ2v) is 9.02. The third-order valence-electron chi connectivity index (χ3n) is 3.13. The number of hydrogen-bond acceptors (Lipinski definition) is 3. The molecule has 0 N–H and O–H groups in total. The van der Waals surface area contributed by atoms with Crippen molar-refractivity contribution in [3.05, 3.63) is 0 Å². The summed E-state index contributed by atoms with van der Waals surface area (Å²) >= 11 is 0. The Balaban J connectivity index is 4.28. The van der Waals surface area contributed by atoms with E-state index in [0.29, 0.717) is 19.1 Å². The molecule has 0 saturated heterocycles. The Morgan fingerprint density at radius 3 is 2.17 bits per heavy atom. The van der Waals surface area contributed by atoms with Gasteiger partial charge in [0.25, 0.3) is 0 Å².